The lowest BCUT2D eigenvalue weighted by Gasteiger charge is -2.16. The Morgan fingerprint density at radius 3 is 2.76 bits per heavy atom. The summed E-state index contributed by atoms with van der Waals surface area (Å²) in [6.45, 7) is 4.68. The third-order valence-corrected chi connectivity index (χ3v) is 4.35. The van der Waals surface area contributed by atoms with Crippen molar-refractivity contribution in [3.63, 3.8) is 0 Å². The second-order valence-electron chi connectivity index (χ2n) is 6.07. The molecule has 2 heteroatoms. The van der Waals surface area contributed by atoms with Crippen LogP contribution in [0.3, 0.4) is 0 Å². The average Bonchev–Trinajstić information content (AvgIpc) is 2.73. The normalized spacial score (nSPS) is 28.9. The molecule has 0 radical (unpaired) electrons. The van der Waals surface area contributed by atoms with Crippen LogP contribution in [0.2, 0.25) is 0 Å². The van der Waals surface area contributed by atoms with E-state index in [0.29, 0.717) is 17.5 Å². The summed E-state index contributed by atoms with van der Waals surface area (Å²) in [5.74, 6) is 0.979. The van der Waals surface area contributed by atoms with Crippen LogP contribution >= 0.6 is 0 Å². The smallest absolute Gasteiger partial charge is 0.119 e. The number of hydrogen-bond acceptors (Lipinski definition) is 2. The maximum absolute atomic E-state index is 5.32. The largest absolute Gasteiger partial charge is 0.497 e. The Balaban J connectivity index is 1.78. The molecule has 0 heterocycles. The molecular formula is C15H21NO. The number of aryl methyl sites for hydroxylation is 1. The number of benzene rings is 1. The van der Waals surface area contributed by atoms with E-state index in [1.165, 1.54) is 30.4 Å². The summed E-state index contributed by atoms with van der Waals surface area (Å²) in [6.07, 6.45) is 3.74. The van der Waals surface area contributed by atoms with E-state index in [1.807, 2.05) is 0 Å². The number of hydrogen-bond donors (Lipinski definition) is 1. The van der Waals surface area contributed by atoms with Gasteiger partial charge in [0.05, 0.1) is 7.11 Å². The molecule has 0 bridgehead atoms. The number of methoxy groups -OCH3 is 1. The highest BCUT2D eigenvalue weighted by Gasteiger charge is 2.46. The molecule has 0 amide bonds. The molecule has 0 saturated heterocycles. The molecule has 17 heavy (non-hydrogen) atoms. The number of fused-ring (bicyclic) bond motifs is 1. The molecular weight excluding hydrogens is 210 g/mol. The lowest BCUT2D eigenvalue weighted by atomic mass is 10.1. The van der Waals surface area contributed by atoms with Crippen molar-refractivity contribution >= 4 is 0 Å². The van der Waals surface area contributed by atoms with Crippen molar-refractivity contribution in [2.45, 2.75) is 45.2 Å². The van der Waals surface area contributed by atoms with E-state index in [1.54, 1.807) is 7.11 Å². The molecule has 1 fully saturated rings. The van der Waals surface area contributed by atoms with Gasteiger partial charge in [-0.05, 0) is 47.9 Å². The van der Waals surface area contributed by atoms with Crippen molar-refractivity contribution < 1.29 is 4.74 Å². The maximum Gasteiger partial charge on any atom is 0.119 e. The molecule has 0 aliphatic heterocycles. The fraction of sp³-hybridized carbons (Fsp3) is 0.600. The summed E-state index contributed by atoms with van der Waals surface area (Å²) >= 11 is 0. The van der Waals surface area contributed by atoms with Gasteiger partial charge in [0.15, 0.2) is 0 Å². The van der Waals surface area contributed by atoms with Crippen molar-refractivity contribution in [1.29, 1.82) is 0 Å². The average molecular weight is 231 g/mol. The quantitative estimate of drug-likeness (QED) is 0.863. The van der Waals surface area contributed by atoms with Crippen LogP contribution in [0.5, 0.6) is 5.75 Å². The maximum atomic E-state index is 5.32. The first-order valence-electron chi connectivity index (χ1n) is 6.53. The van der Waals surface area contributed by atoms with Crippen molar-refractivity contribution in [2.24, 2.45) is 5.41 Å². The predicted molar refractivity (Wildman–Crippen MR) is 69.4 cm³/mol. The minimum absolute atomic E-state index is 0.502. The topological polar surface area (TPSA) is 21.3 Å². The van der Waals surface area contributed by atoms with Crippen molar-refractivity contribution in [2.75, 3.05) is 7.11 Å². The Morgan fingerprint density at radius 1 is 1.35 bits per heavy atom. The van der Waals surface area contributed by atoms with Gasteiger partial charge in [0.1, 0.15) is 5.75 Å². The summed E-state index contributed by atoms with van der Waals surface area (Å²) in [5, 5.41) is 3.80. The van der Waals surface area contributed by atoms with Gasteiger partial charge < -0.3 is 10.1 Å². The highest BCUT2D eigenvalue weighted by atomic mass is 16.5. The summed E-state index contributed by atoms with van der Waals surface area (Å²) in [6, 6.07) is 7.72. The molecule has 2 aliphatic rings. The molecule has 92 valence electrons. The molecule has 2 nitrogen and oxygen atoms in total. The summed E-state index contributed by atoms with van der Waals surface area (Å²) in [4.78, 5) is 0. The Labute approximate surface area is 103 Å². The first-order chi connectivity index (χ1) is 8.10. The van der Waals surface area contributed by atoms with E-state index in [0.717, 1.165) is 5.75 Å². The van der Waals surface area contributed by atoms with Crippen LogP contribution in [0.1, 0.15) is 43.9 Å². The first-order valence-corrected chi connectivity index (χ1v) is 6.53. The summed E-state index contributed by atoms with van der Waals surface area (Å²) < 4.78 is 5.32. The zero-order valence-corrected chi connectivity index (χ0v) is 10.9. The van der Waals surface area contributed by atoms with Gasteiger partial charge in [-0.25, -0.2) is 0 Å². The van der Waals surface area contributed by atoms with Gasteiger partial charge >= 0.3 is 0 Å². The van der Waals surface area contributed by atoms with E-state index >= 15 is 0 Å². The molecule has 3 rings (SSSR count). The molecule has 2 unspecified atom stereocenters. The van der Waals surface area contributed by atoms with E-state index in [2.05, 4.69) is 37.4 Å². The lowest BCUT2D eigenvalue weighted by Crippen LogP contribution is -2.24. The fourth-order valence-corrected chi connectivity index (χ4v) is 2.88. The molecule has 1 saturated carbocycles. The van der Waals surface area contributed by atoms with E-state index in [9.17, 15) is 0 Å². The monoisotopic (exact) mass is 231 g/mol. The molecule has 1 aromatic carbocycles. The zero-order valence-electron chi connectivity index (χ0n) is 10.9. The van der Waals surface area contributed by atoms with Gasteiger partial charge in [0, 0.05) is 12.1 Å². The van der Waals surface area contributed by atoms with E-state index in [-0.39, 0.29) is 0 Å². The highest BCUT2D eigenvalue weighted by molar-refractivity contribution is 5.41. The van der Waals surface area contributed by atoms with Crippen LogP contribution in [0.15, 0.2) is 18.2 Å². The predicted octanol–water partition coefficient (Wildman–Crippen LogP) is 3.07. The van der Waals surface area contributed by atoms with Crippen LogP contribution in [0.4, 0.5) is 0 Å². The zero-order chi connectivity index (χ0) is 12.0. The molecule has 1 aromatic rings. The molecule has 0 aromatic heterocycles. The van der Waals surface area contributed by atoms with Crippen LogP contribution < -0.4 is 10.1 Å². The Hall–Kier alpha value is -1.02. The van der Waals surface area contributed by atoms with Gasteiger partial charge in [-0.3, -0.25) is 0 Å². The Bertz CT molecular complexity index is 439. The Kier molecular flexibility index (Phi) is 2.44. The van der Waals surface area contributed by atoms with Gasteiger partial charge in [-0.2, -0.15) is 0 Å². The number of nitrogens with one attached hydrogen (secondary N) is 1. The van der Waals surface area contributed by atoms with Crippen molar-refractivity contribution in [3.8, 4) is 5.75 Å². The third-order valence-electron chi connectivity index (χ3n) is 4.35. The summed E-state index contributed by atoms with van der Waals surface area (Å²) in [7, 11) is 1.74. The minimum atomic E-state index is 0.502. The second kappa shape index (κ2) is 3.74. The fourth-order valence-electron chi connectivity index (χ4n) is 2.88. The van der Waals surface area contributed by atoms with E-state index in [4.69, 9.17) is 4.74 Å². The highest BCUT2D eigenvalue weighted by Crippen LogP contribution is 2.47. The van der Waals surface area contributed by atoms with Gasteiger partial charge in [-0.1, -0.05) is 19.9 Å². The third kappa shape index (κ3) is 1.95. The van der Waals surface area contributed by atoms with Crippen LogP contribution in [-0.2, 0) is 6.42 Å². The van der Waals surface area contributed by atoms with Crippen LogP contribution in [0.25, 0.3) is 0 Å². The Morgan fingerprint density at radius 2 is 2.12 bits per heavy atom. The second-order valence-corrected chi connectivity index (χ2v) is 6.07. The van der Waals surface area contributed by atoms with Crippen LogP contribution in [0, 0.1) is 5.41 Å². The SMILES string of the molecule is COc1ccc2c(c1)C(NC1CC1(C)C)CC2. The minimum Gasteiger partial charge on any atom is -0.497 e. The van der Waals surface area contributed by atoms with Gasteiger partial charge in [0.2, 0.25) is 0 Å². The first kappa shape index (κ1) is 11.1. The summed E-state index contributed by atoms with van der Waals surface area (Å²) in [5.41, 5.74) is 3.44. The van der Waals surface area contributed by atoms with Crippen molar-refractivity contribution in [1.82, 2.24) is 5.32 Å². The lowest BCUT2D eigenvalue weighted by molar-refractivity contribution is 0.412. The standard InChI is InChI=1S/C15H21NO/c1-15(2)9-14(15)16-13-7-5-10-4-6-11(17-3)8-12(10)13/h4,6,8,13-14,16H,5,7,9H2,1-3H3. The van der Waals surface area contributed by atoms with Gasteiger partial charge in [0.25, 0.3) is 0 Å². The number of ether oxygens (including phenoxy) is 1. The molecule has 1 N–H and O–H groups in total. The molecule has 2 aliphatic carbocycles. The molecule has 2 atom stereocenters. The van der Waals surface area contributed by atoms with Crippen molar-refractivity contribution in [3.05, 3.63) is 29.3 Å². The molecule has 0 spiro atoms. The van der Waals surface area contributed by atoms with E-state index < -0.39 is 0 Å². The van der Waals surface area contributed by atoms with Gasteiger partial charge in [-0.15, -0.1) is 0 Å². The number of rotatable bonds is 3. The van der Waals surface area contributed by atoms with Crippen LogP contribution in [-0.4, -0.2) is 13.2 Å².